The van der Waals surface area contributed by atoms with Crippen molar-refractivity contribution in [2.75, 3.05) is 5.32 Å². The molecule has 0 fully saturated rings. The van der Waals surface area contributed by atoms with E-state index in [0.29, 0.717) is 11.1 Å². The quantitative estimate of drug-likeness (QED) is 0.889. The van der Waals surface area contributed by atoms with Gasteiger partial charge in [-0.2, -0.15) is 0 Å². The van der Waals surface area contributed by atoms with Crippen molar-refractivity contribution in [3.63, 3.8) is 0 Å². The number of aromatic hydroxyl groups is 1. The number of anilines is 1. The van der Waals surface area contributed by atoms with Gasteiger partial charge in [-0.15, -0.1) is 0 Å². The minimum atomic E-state index is -0.282. The molecule has 0 atom stereocenters. The van der Waals surface area contributed by atoms with E-state index in [-0.39, 0.29) is 11.7 Å². The zero-order valence-electron chi connectivity index (χ0n) is 12.0. The summed E-state index contributed by atoms with van der Waals surface area (Å²) >= 11 is 0. The summed E-state index contributed by atoms with van der Waals surface area (Å²) in [4.78, 5) is 12.3. The lowest BCUT2D eigenvalue weighted by atomic mass is 10.0. The smallest absolute Gasteiger partial charge is 0.259 e. The van der Waals surface area contributed by atoms with E-state index < -0.39 is 0 Å². The topological polar surface area (TPSA) is 49.3 Å². The molecule has 0 aliphatic heterocycles. The second kappa shape index (κ2) is 5.78. The van der Waals surface area contributed by atoms with Gasteiger partial charge in [-0.1, -0.05) is 37.3 Å². The van der Waals surface area contributed by atoms with Crippen LogP contribution >= 0.6 is 0 Å². The van der Waals surface area contributed by atoms with E-state index in [4.69, 9.17) is 0 Å². The van der Waals surface area contributed by atoms with E-state index in [9.17, 15) is 9.90 Å². The summed E-state index contributed by atoms with van der Waals surface area (Å²) in [5.74, 6) is -0.244. The zero-order chi connectivity index (χ0) is 14.7. The lowest BCUT2D eigenvalue weighted by molar-refractivity contribution is 0.102. The third-order valence-electron chi connectivity index (χ3n) is 3.46. The largest absolute Gasteiger partial charge is 0.507 e. The molecule has 0 heterocycles. The van der Waals surface area contributed by atoms with Crippen molar-refractivity contribution in [2.45, 2.75) is 27.2 Å². The highest BCUT2D eigenvalue weighted by atomic mass is 16.3. The molecule has 0 spiro atoms. The van der Waals surface area contributed by atoms with Crippen molar-refractivity contribution < 1.29 is 9.90 Å². The fourth-order valence-corrected chi connectivity index (χ4v) is 2.23. The van der Waals surface area contributed by atoms with Crippen LogP contribution in [0.25, 0.3) is 0 Å². The number of carbonyl (C=O) groups is 1. The van der Waals surface area contributed by atoms with Gasteiger partial charge < -0.3 is 10.4 Å². The van der Waals surface area contributed by atoms with Gasteiger partial charge in [0.15, 0.2) is 0 Å². The first kappa shape index (κ1) is 14.1. The number of carbonyl (C=O) groups excluding carboxylic acids is 1. The van der Waals surface area contributed by atoms with Crippen LogP contribution in [0.1, 0.15) is 34.0 Å². The first-order valence-electron chi connectivity index (χ1n) is 6.73. The number of phenolic OH excluding ortho intramolecular Hbond substituents is 1. The maximum Gasteiger partial charge on any atom is 0.259 e. The fourth-order valence-electron chi connectivity index (χ4n) is 2.23. The van der Waals surface area contributed by atoms with Crippen LogP contribution in [-0.2, 0) is 6.42 Å². The summed E-state index contributed by atoms with van der Waals surface area (Å²) < 4.78 is 0. The number of aryl methyl sites for hydroxylation is 3. The van der Waals surface area contributed by atoms with Gasteiger partial charge in [-0.25, -0.2) is 0 Å². The van der Waals surface area contributed by atoms with E-state index in [1.165, 1.54) is 0 Å². The van der Waals surface area contributed by atoms with Crippen LogP contribution in [-0.4, -0.2) is 11.0 Å². The van der Waals surface area contributed by atoms with Crippen molar-refractivity contribution >= 4 is 11.6 Å². The standard InChI is InChI=1S/C17H19NO2/c1-4-13-9-5-7-11(2)15(13)18-17(20)14-10-6-8-12(3)16(14)19/h5-10,19H,4H2,1-3H3,(H,18,20). The number of benzene rings is 2. The molecule has 0 radical (unpaired) electrons. The Hall–Kier alpha value is -2.29. The summed E-state index contributed by atoms with van der Waals surface area (Å²) in [7, 11) is 0. The molecule has 0 aliphatic carbocycles. The van der Waals surface area contributed by atoms with Crippen molar-refractivity contribution in [3.05, 3.63) is 58.7 Å². The molecule has 3 nitrogen and oxygen atoms in total. The fraction of sp³-hybridized carbons (Fsp3) is 0.235. The van der Waals surface area contributed by atoms with Gasteiger partial charge in [0.25, 0.3) is 5.91 Å². The van der Waals surface area contributed by atoms with Gasteiger partial charge in [0.1, 0.15) is 5.75 Å². The monoisotopic (exact) mass is 269 g/mol. The molecular weight excluding hydrogens is 250 g/mol. The van der Waals surface area contributed by atoms with Gasteiger partial charge in [0, 0.05) is 5.69 Å². The number of phenols is 1. The predicted octanol–water partition coefficient (Wildman–Crippen LogP) is 3.82. The SMILES string of the molecule is CCc1cccc(C)c1NC(=O)c1cccc(C)c1O. The predicted molar refractivity (Wildman–Crippen MR) is 81.4 cm³/mol. The minimum Gasteiger partial charge on any atom is -0.507 e. The van der Waals surface area contributed by atoms with Gasteiger partial charge in [0.05, 0.1) is 5.56 Å². The molecule has 2 N–H and O–H groups in total. The molecule has 3 heteroatoms. The van der Waals surface area contributed by atoms with E-state index in [0.717, 1.165) is 23.2 Å². The average molecular weight is 269 g/mol. The molecule has 0 unspecified atom stereocenters. The highest BCUT2D eigenvalue weighted by molar-refractivity contribution is 6.07. The van der Waals surface area contributed by atoms with Crippen molar-refractivity contribution in [2.24, 2.45) is 0 Å². The molecule has 20 heavy (non-hydrogen) atoms. The molecular formula is C17H19NO2. The first-order valence-corrected chi connectivity index (χ1v) is 6.73. The van der Waals surface area contributed by atoms with E-state index in [2.05, 4.69) is 12.2 Å². The van der Waals surface area contributed by atoms with Gasteiger partial charge in [0.2, 0.25) is 0 Å². The Labute approximate surface area is 119 Å². The maximum atomic E-state index is 12.3. The Morgan fingerprint density at radius 3 is 2.45 bits per heavy atom. The lowest BCUT2D eigenvalue weighted by Crippen LogP contribution is -2.14. The minimum absolute atomic E-state index is 0.0385. The Morgan fingerprint density at radius 2 is 1.75 bits per heavy atom. The Bertz CT molecular complexity index is 647. The summed E-state index contributed by atoms with van der Waals surface area (Å²) in [5, 5.41) is 12.9. The molecule has 0 bridgehead atoms. The van der Waals surface area contributed by atoms with Crippen molar-refractivity contribution in [1.29, 1.82) is 0 Å². The number of hydrogen-bond donors (Lipinski definition) is 2. The third-order valence-corrected chi connectivity index (χ3v) is 3.46. The molecule has 2 aromatic carbocycles. The molecule has 2 rings (SSSR count). The summed E-state index contributed by atoms with van der Waals surface area (Å²) in [6.07, 6.45) is 0.844. The van der Waals surface area contributed by atoms with Crippen molar-refractivity contribution in [1.82, 2.24) is 0 Å². The average Bonchev–Trinajstić information content (AvgIpc) is 2.44. The van der Waals surface area contributed by atoms with E-state index in [1.54, 1.807) is 25.1 Å². The second-order valence-electron chi connectivity index (χ2n) is 4.89. The molecule has 1 amide bonds. The molecule has 2 aromatic rings. The maximum absolute atomic E-state index is 12.3. The Balaban J connectivity index is 2.35. The van der Waals surface area contributed by atoms with Crippen LogP contribution in [0.3, 0.4) is 0 Å². The van der Waals surface area contributed by atoms with Gasteiger partial charge >= 0.3 is 0 Å². The van der Waals surface area contributed by atoms with Crippen molar-refractivity contribution in [3.8, 4) is 5.75 Å². The Morgan fingerprint density at radius 1 is 1.10 bits per heavy atom. The van der Waals surface area contributed by atoms with Crippen LogP contribution in [0.2, 0.25) is 0 Å². The summed E-state index contributed by atoms with van der Waals surface area (Å²) in [6.45, 7) is 5.79. The molecule has 0 saturated heterocycles. The third kappa shape index (κ3) is 2.67. The van der Waals surface area contributed by atoms with Crippen LogP contribution in [0, 0.1) is 13.8 Å². The number of amides is 1. The lowest BCUT2D eigenvalue weighted by Gasteiger charge is -2.14. The summed E-state index contributed by atoms with van der Waals surface area (Å²) in [6, 6.07) is 11.1. The molecule has 0 saturated carbocycles. The first-order chi connectivity index (χ1) is 9.54. The van der Waals surface area contributed by atoms with Gasteiger partial charge in [-0.3, -0.25) is 4.79 Å². The highest BCUT2D eigenvalue weighted by Crippen LogP contribution is 2.25. The van der Waals surface area contributed by atoms with Crippen LogP contribution in [0.5, 0.6) is 5.75 Å². The molecule has 0 aromatic heterocycles. The Kier molecular flexibility index (Phi) is 4.08. The number of hydrogen-bond acceptors (Lipinski definition) is 2. The second-order valence-corrected chi connectivity index (χ2v) is 4.89. The summed E-state index contributed by atoms with van der Waals surface area (Å²) in [5.41, 5.74) is 3.93. The van der Waals surface area contributed by atoms with Gasteiger partial charge in [-0.05, 0) is 43.0 Å². The zero-order valence-corrected chi connectivity index (χ0v) is 12.0. The van der Waals surface area contributed by atoms with E-state index in [1.807, 2.05) is 25.1 Å². The highest BCUT2D eigenvalue weighted by Gasteiger charge is 2.14. The molecule has 0 aliphatic rings. The number of rotatable bonds is 3. The number of nitrogens with one attached hydrogen (secondary N) is 1. The normalized spacial score (nSPS) is 10.3. The number of para-hydroxylation sites is 2. The molecule has 104 valence electrons. The van der Waals surface area contributed by atoms with Crippen LogP contribution in [0.4, 0.5) is 5.69 Å². The van der Waals surface area contributed by atoms with E-state index >= 15 is 0 Å². The van der Waals surface area contributed by atoms with Crippen LogP contribution in [0.15, 0.2) is 36.4 Å². The van der Waals surface area contributed by atoms with Crippen LogP contribution < -0.4 is 5.32 Å².